The molecule has 0 radical (unpaired) electrons. The number of hydrogen-bond donors (Lipinski definition) is 1. The van der Waals surface area contributed by atoms with E-state index in [0.717, 1.165) is 0 Å². The van der Waals surface area contributed by atoms with E-state index in [-0.39, 0.29) is 18.6 Å². The van der Waals surface area contributed by atoms with Crippen LogP contribution in [0.4, 0.5) is 0 Å². The summed E-state index contributed by atoms with van der Waals surface area (Å²) in [7, 11) is 0. The number of para-hydroxylation sites is 1. The molecule has 2 rings (SSSR count). The topological polar surface area (TPSA) is 85.3 Å². The summed E-state index contributed by atoms with van der Waals surface area (Å²) in [6, 6.07) is 6.93. The molecule has 1 aromatic carbocycles. The molecule has 7 heteroatoms. The van der Waals surface area contributed by atoms with E-state index in [0.29, 0.717) is 37.7 Å². The highest BCUT2D eigenvalue weighted by atomic mass is 16.5. The van der Waals surface area contributed by atoms with Gasteiger partial charge in [0.2, 0.25) is 0 Å². The van der Waals surface area contributed by atoms with Crippen molar-refractivity contribution >= 4 is 11.9 Å². The molecule has 1 aliphatic rings. The van der Waals surface area contributed by atoms with Gasteiger partial charge >= 0.3 is 5.97 Å². The maximum absolute atomic E-state index is 12.8. The van der Waals surface area contributed by atoms with E-state index in [2.05, 4.69) is 0 Å². The Hall–Kier alpha value is -2.12. The van der Waals surface area contributed by atoms with E-state index >= 15 is 0 Å². The first-order valence-corrected chi connectivity index (χ1v) is 8.00. The number of benzene rings is 1. The summed E-state index contributed by atoms with van der Waals surface area (Å²) in [5.41, 5.74) is 0.409. The Labute approximate surface area is 141 Å². The molecule has 0 saturated carbocycles. The highest BCUT2D eigenvalue weighted by Crippen LogP contribution is 2.22. The molecule has 24 heavy (non-hydrogen) atoms. The van der Waals surface area contributed by atoms with Crippen molar-refractivity contribution in [2.75, 3.05) is 32.9 Å². The minimum absolute atomic E-state index is 0.0196. The van der Waals surface area contributed by atoms with Crippen molar-refractivity contribution in [2.24, 2.45) is 0 Å². The fraction of sp³-hybridized carbons (Fsp3) is 0.529. The Bertz CT molecular complexity index is 576. The van der Waals surface area contributed by atoms with Crippen LogP contribution in [0.1, 0.15) is 24.2 Å². The fourth-order valence-corrected chi connectivity index (χ4v) is 2.55. The van der Waals surface area contributed by atoms with Crippen molar-refractivity contribution in [1.82, 2.24) is 4.90 Å². The van der Waals surface area contributed by atoms with Gasteiger partial charge in [-0.05, 0) is 26.0 Å². The Morgan fingerprint density at radius 2 is 2.04 bits per heavy atom. The third-order valence-electron chi connectivity index (χ3n) is 3.63. The van der Waals surface area contributed by atoms with Crippen LogP contribution >= 0.6 is 0 Å². The van der Waals surface area contributed by atoms with E-state index in [1.165, 1.54) is 4.90 Å². The fourth-order valence-electron chi connectivity index (χ4n) is 2.55. The number of rotatable bonds is 7. The molecule has 0 aliphatic carbocycles. The molecule has 0 aromatic heterocycles. The lowest BCUT2D eigenvalue weighted by molar-refractivity contribution is -0.160. The van der Waals surface area contributed by atoms with Crippen LogP contribution in [0.25, 0.3) is 0 Å². The van der Waals surface area contributed by atoms with E-state index in [1.807, 2.05) is 6.92 Å². The molecular weight excluding hydrogens is 314 g/mol. The molecule has 1 fully saturated rings. The number of morpholine rings is 1. The zero-order chi connectivity index (χ0) is 17.5. The maximum atomic E-state index is 12.8. The normalized spacial score (nSPS) is 20.7. The van der Waals surface area contributed by atoms with Crippen molar-refractivity contribution in [2.45, 2.75) is 26.1 Å². The van der Waals surface area contributed by atoms with Gasteiger partial charge in [-0.3, -0.25) is 4.79 Å². The van der Waals surface area contributed by atoms with Gasteiger partial charge in [-0.15, -0.1) is 0 Å². The van der Waals surface area contributed by atoms with E-state index < -0.39 is 12.1 Å². The summed E-state index contributed by atoms with van der Waals surface area (Å²) >= 11 is 0. The van der Waals surface area contributed by atoms with Crippen molar-refractivity contribution < 1.29 is 28.9 Å². The van der Waals surface area contributed by atoms with Crippen LogP contribution in [-0.4, -0.2) is 67.0 Å². The van der Waals surface area contributed by atoms with E-state index in [9.17, 15) is 9.59 Å². The summed E-state index contributed by atoms with van der Waals surface area (Å²) in [4.78, 5) is 25.5. The first-order chi connectivity index (χ1) is 11.5. The van der Waals surface area contributed by atoms with Crippen LogP contribution in [0.2, 0.25) is 0 Å². The molecule has 1 aromatic rings. The lowest BCUT2D eigenvalue weighted by Crippen LogP contribution is -2.51. The molecule has 1 heterocycles. The van der Waals surface area contributed by atoms with Gasteiger partial charge < -0.3 is 24.2 Å². The quantitative estimate of drug-likeness (QED) is 0.757. The summed E-state index contributed by atoms with van der Waals surface area (Å²) in [5.74, 6) is -0.864. The molecule has 1 amide bonds. The molecule has 132 valence electrons. The van der Waals surface area contributed by atoms with E-state index in [4.69, 9.17) is 19.3 Å². The standard InChI is InChI=1S/C17H23NO6/c1-3-22-8-9-23-14-7-5-4-6-13(14)16(19)18-10-12(2)24-15(11-18)17(20)21/h4-7,12,15H,3,8-11H2,1-2H3,(H,20,21)/t12-,15?/m1/s1. The molecule has 1 aliphatic heterocycles. The third-order valence-corrected chi connectivity index (χ3v) is 3.63. The minimum atomic E-state index is -1.07. The zero-order valence-corrected chi connectivity index (χ0v) is 13.9. The van der Waals surface area contributed by atoms with Gasteiger partial charge in [0.1, 0.15) is 12.4 Å². The van der Waals surface area contributed by atoms with Gasteiger partial charge in [-0.25, -0.2) is 4.79 Å². The number of carboxylic acid groups (broad SMARTS) is 1. The lowest BCUT2D eigenvalue weighted by atomic mass is 10.1. The number of nitrogens with zero attached hydrogens (tertiary/aromatic N) is 1. The third kappa shape index (κ3) is 4.69. The average molecular weight is 337 g/mol. The first-order valence-electron chi connectivity index (χ1n) is 8.00. The molecule has 0 bridgehead atoms. The van der Waals surface area contributed by atoms with E-state index in [1.54, 1.807) is 31.2 Å². The van der Waals surface area contributed by atoms with Crippen LogP contribution < -0.4 is 4.74 Å². The number of carbonyl (C=O) groups is 2. The van der Waals surface area contributed by atoms with Gasteiger partial charge in [0.25, 0.3) is 5.91 Å². The lowest BCUT2D eigenvalue weighted by Gasteiger charge is -2.35. The predicted octanol–water partition coefficient (Wildman–Crippen LogP) is 1.42. The molecular formula is C17H23NO6. The zero-order valence-electron chi connectivity index (χ0n) is 13.9. The second-order valence-electron chi connectivity index (χ2n) is 5.53. The Kier molecular flexibility index (Phi) is 6.57. The number of carbonyl (C=O) groups excluding carboxylic acids is 1. The molecule has 1 saturated heterocycles. The number of aliphatic carboxylic acids is 1. The summed E-state index contributed by atoms with van der Waals surface area (Å²) in [5, 5.41) is 9.15. The average Bonchev–Trinajstić information content (AvgIpc) is 2.58. The van der Waals surface area contributed by atoms with Crippen LogP contribution in [0.3, 0.4) is 0 Å². The first kappa shape index (κ1) is 18.2. The predicted molar refractivity (Wildman–Crippen MR) is 86.3 cm³/mol. The largest absolute Gasteiger partial charge is 0.490 e. The van der Waals surface area contributed by atoms with Crippen LogP contribution in [0.15, 0.2) is 24.3 Å². The highest BCUT2D eigenvalue weighted by Gasteiger charge is 2.33. The summed E-state index contributed by atoms with van der Waals surface area (Å²) in [6.07, 6.45) is -1.35. The van der Waals surface area contributed by atoms with Crippen LogP contribution in [-0.2, 0) is 14.3 Å². The maximum Gasteiger partial charge on any atom is 0.334 e. The summed E-state index contributed by atoms with van der Waals surface area (Å²) < 4.78 is 16.2. The second kappa shape index (κ2) is 8.65. The highest BCUT2D eigenvalue weighted by molar-refractivity contribution is 5.97. The van der Waals surface area contributed by atoms with Crippen molar-refractivity contribution in [1.29, 1.82) is 0 Å². The van der Waals surface area contributed by atoms with Gasteiger partial charge in [0.15, 0.2) is 6.10 Å². The SMILES string of the molecule is CCOCCOc1ccccc1C(=O)N1CC(C(=O)O)O[C@H](C)C1. The van der Waals surface area contributed by atoms with Gasteiger partial charge in [-0.1, -0.05) is 12.1 Å². The Morgan fingerprint density at radius 1 is 1.29 bits per heavy atom. The smallest absolute Gasteiger partial charge is 0.334 e. The number of amides is 1. The molecule has 2 atom stereocenters. The number of ether oxygens (including phenoxy) is 3. The van der Waals surface area contributed by atoms with Crippen molar-refractivity contribution in [3.8, 4) is 5.75 Å². The molecule has 0 spiro atoms. The van der Waals surface area contributed by atoms with Gasteiger partial charge in [0, 0.05) is 13.2 Å². The van der Waals surface area contributed by atoms with Crippen LogP contribution in [0, 0.1) is 0 Å². The van der Waals surface area contributed by atoms with Gasteiger partial charge in [0.05, 0.1) is 24.8 Å². The molecule has 7 nitrogen and oxygen atoms in total. The second-order valence-corrected chi connectivity index (χ2v) is 5.53. The van der Waals surface area contributed by atoms with Crippen molar-refractivity contribution in [3.63, 3.8) is 0 Å². The minimum Gasteiger partial charge on any atom is -0.490 e. The van der Waals surface area contributed by atoms with Crippen molar-refractivity contribution in [3.05, 3.63) is 29.8 Å². The number of hydrogen-bond acceptors (Lipinski definition) is 5. The molecule has 1 N–H and O–H groups in total. The Morgan fingerprint density at radius 3 is 2.75 bits per heavy atom. The van der Waals surface area contributed by atoms with Gasteiger partial charge in [-0.2, -0.15) is 0 Å². The van der Waals surface area contributed by atoms with Crippen LogP contribution in [0.5, 0.6) is 5.75 Å². The monoisotopic (exact) mass is 337 g/mol. The Balaban J connectivity index is 2.09. The number of carboxylic acids is 1. The molecule has 1 unspecified atom stereocenters. The summed E-state index contributed by atoms with van der Waals surface area (Å²) in [6.45, 7) is 5.40.